The molecule has 3 aromatic rings. The van der Waals surface area contributed by atoms with Crippen molar-refractivity contribution in [2.75, 3.05) is 0 Å². The summed E-state index contributed by atoms with van der Waals surface area (Å²) < 4.78 is 4.76. The molecule has 2 heterocycles. The lowest BCUT2D eigenvalue weighted by molar-refractivity contribution is 0.830. The van der Waals surface area contributed by atoms with Crippen molar-refractivity contribution in [2.24, 2.45) is 14.1 Å². The van der Waals surface area contributed by atoms with Crippen molar-refractivity contribution in [1.82, 2.24) is 14.1 Å². The quantitative estimate of drug-likeness (QED) is 0.627. The summed E-state index contributed by atoms with van der Waals surface area (Å²) in [5.74, 6) is 0. The lowest BCUT2D eigenvalue weighted by atomic mass is 10.2. The number of fused-ring (bicyclic) bond motifs is 1. The van der Waals surface area contributed by atoms with Crippen molar-refractivity contribution in [2.45, 2.75) is 0 Å². The second kappa shape index (κ2) is 3.78. The predicted octanol–water partition coefficient (Wildman–Crippen LogP) is 3.37. The van der Waals surface area contributed by atoms with Crippen LogP contribution in [0.2, 0.25) is 0 Å². The molecule has 0 radical (unpaired) electrons. The van der Waals surface area contributed by atoms with Crippen LogP contribution >= 0.6 is 23.6 Å². The molecule has 0 spiro atoms. The lowest BCUT2D eigenvalue weighted by Gasteiger charge is -1.95. The third-order valence-electron chi connectivity index (χ3n) is 2.81. The highest BCUT2D eigenvalue weighted by molar-refractivity contribution is 7.71. The maximum Gasteiger partial charge on any atom is 0.182 e. The number of hydrogen-bond donors (Lipinski definition) is 0. The number of nitrogens with zero attached hydrogens (tertiary/aromatic N) is 3. The van der Waals surface area contributed by atoms with Crippen LogP contribution in [-0.4, -0.2) is 14.1 Å². The predicted molar refractivity (Wildman–Crippen MR) is 73.8 cm³/mol. The van der Waals surface area contributed by atoms with E-state index in [1.165, 1.54) is 0 Å². The summed E-state index contributed by atoms with van der Waals surface area (Å²) in [5, 5.41) is 1.04. The summed E-state index contributed by atoms with van der Waals surface area (Å²) in [6, 6.07) is 10.2. The topological polar surface area (TPSA) is 22.8 Å². The van der Waals surface area contributed by atoms with Gasteiger partial charge in [0.25, 0.3) is 0 Å². The summed E-state index contributed by atoms with van der Waals surface area (Å²) in [6.07, 6.45) is 0. The highest BCUT2D eigenvalue weighted by Crippen LogP contribution is 2.30. The van der Waals surface area contributed by atoms with Crippen molar-refractivity contribution >= 4 is 34.0 Å². The monoisotopic (exact) mass is 261 g/mol. The zero-order valence-electron chi connectivity index (χ0n) is 9.54. The molecule has 0 N–H and O–H groups in total. The van der Waals surface area contributed by atoms with Gasteiger partial charge in [0.15, 0.2) is 10.4 Å². The van der Waals surface area contributed by atoms with E-state index < -0.39 is 0 Å². The Bertz CT molecular complexity index is 694. The van der Waals surface area contributed by atoms with Gasteiger partial charge >= 0.3 is 0 Å². The molecule has 0 unspecified atom stereocenters. The van der Waals surface area contributed by atoms with Crippen LogP contribution in [0.25, 0.3) is 21.0 Å². The molecular weight excluding hydrogens is 250 g/mol. The van der Waals surface area contributed by atoms with Crippen molar-refractivity contribution in [3.05, 3.63) is 35.1 Å². The van der Waals surface area contributed by atoms with Gasteiger partial charge in [-0.25, -0.2) is 4.98 Å². The molecule has 0 bridgehead atoms. The molecule has 1 aromatic carbocycles. The van der Waals surface area contributed by atoms with Gasteiger partial charge in [-0.3, -0.25) is 0 Å². The van der Waals surface area contributed by atoms with E-state index in [0.29, 0.717) is 0 Å². The zero-order valence-corrected chi connectivity index (χ0v) is 11.2. The number of rotatable bonds is 1. The summed E-state index contributed by atoms with van der Waals surface area (Å²) in [6.45, 7) is 0. The summed E-state index contributed by atoms with van der Waals surface area (Å²) in [4.78, 5) is 5.78. The average Bonchev–Trinajstić information content (AvgIpc) is 2.88. The van der Waals surface area contributed by atoms with Gasteiger partial charge in [-0.15, -0.1) is 0 Å². The normalized spacial score (nSPS) is 11.2. The molecule has 17 heavy (non-hydrogen) atoms. The maximum absolute atomic E-state index is 5.30. The van der Waals surface area contributed by atoms with Crippen molar-refractivity contribution in [1.29, 1.82) is 0 Å². The Labute approximate surface area is 108 Å². The van der Waals surface area contributed by atoms with Crippen LogP contribution in [0.3, 0.4) is 0 Å². The number of hydrogen-bond acceptors (Lipinski definition) is 3. The Morgan fingerprint density at radius 1 is 1.12 bits per heavy atom. The number of imidazole rings is 1. The molecule has 2 aromatic heterocycles. The second-order valence-corrected chi connectivity index (χ2v) is 5.26. The van der Waals surface area contributed by atoms with Crippen LogP contribution in [0.1, 0.15) is 0 Å². The molecule has 3 nitrogen and oxygen atoms in total. The van der Waals surface area contributed by atoms with Crippen molar-refractivity contribution < 1.29 is 0 Å². The second-order valence-electron chi connectivity index (χ2n) is 3.91. The molecule has 0 saturated carbocycles. The minimum Gasteiger partial charge on any atom is -0.310 e. The first-order valence-electron chi connectivity index (χ1n) is 5.26. The molecule has 0 fully saturated rings. The van der Waals surface area contributed by atoms with Crippen LogP contribution in [0.5, 0.6) is 0 Å². The Morgan fingerprint density at radius 2 is 1.82 bits per heavy atom. The van der Waals surface area contributed by atoms with Gasteiger partial charge in [-0.1, -0.05) is 41.7 Å². The van der Waals surface area contributed by atoms with Gasteiger partial charge in [0.05, 0.1) is 0 Å². The zero-order chi connectivity index (χ0) is 12.0. The SMILES string of the molecule is Cn1c(=S)n(C)c2sc(-c3ccccc3)nc21. The van der Waals surface area contributed by atoms with E-state index in [1.807, 2.05) is 41.4 Å². The molecule has 0 aliphatic rings. The number of thiazole rings is 1. The number of benzene rings is 1. The first kappa shape index (κ1) is 10.7. The van der Waals surface area contributed by atoms with Gasteiger partial charge in [0.2, 0.25) is 0 Å². The van der Waals surface area contributed by atoms with Crippen molar-refractivity contribution in [3.8, 4) is 10.6 Å². The number of aryl methyl sites for hydroxylation is 2. The molecule has 0 aliphatic heterocycles. The van der Waals surface area contributed by atoms with E-state index >= 15 is 0 Å². The Kier molecular flexibility index (Phi) is 2.38. The average molecular weight is 261 g/mol. The minimum absolute atomic E-state index is 0.804. The van der Waals surface area contributed by atoms with Crippen molar-refractivity contribution in [3.63, 3.8) is 0 Å². The van der Waals surface area contributed by atoms with Crippen LogP contribution < -0.4 is 0 Å². The smallest absolute Gasteiger partial charge is 0.182 e. The number of aromatic nitrogens is 3. The maximum atomic E-state index is 5.30. The Hall–Kier alpha value is -1.46. The highest BCUT2D eigenvalue weighted by Gasteiger charge is 2.12. The van der Waals surface area contributed by atoms with Gasteiger partial charge in [0.1, 0.15) is 9.84 Å². The van der Waals surface area contributed by atoms with Crippen LogP contribution in [-0.2, 0) is 14.1 Å². The largest absolute Gasteiger partial charge is 0.310 e. The van der Waals surface area contributed by atoms with Crippen LogP contribution in [0, 0.1) is 4.77 Å². The van der Waals surface area contributed by atoms with E-state index in [-0.39, 0.29) is 0 Å². The molecular formula is C12H11N3S2. The highest BCUT2D eigenvalue weighted by atomic mass is 32.1. The third-order valence-corrected chi connectivity index (χ3v) is 4.53. The van der Waals surface area contributed by atoms with Gasteiger partial charge < -0.3 is 9.13 Å². The van der Waals surface area contributed by atoms with Gasteiger partial charge in [0, 0.05) is 19.7 Å². The van der Waals surface area contributed by atoms with E-state index in [1.54, 1.807) is 11.3 Å². The van der Waals surface area contributed by atoms with Gasteiger partial charge in [-0.2, -0.15) is 0 Å². The van der Waals surface area contributed by atoms with E-state index in [9.17, 15) is 0 Å². The fraction of sp³-hybridized carbons (Fsp3) is 0.167. The molecule has 0 saturated heterocycles. The standard InChI is InChI=1S/C12H11N3S2/c1-14-9-11(15(2)12(14)16)17-10(13-9)8-6-4-3-5-7-8/h3-7H,1-2H3. The lowest BCUT2D eigenvalue weighted by Crippen LogP contribution is -1.91. The molecule has 0 atom stereocenters. The van der Waals surface area contributed by atoms with Crippen LogP contribution in [0.15, 0.2) is 30.3 Å². The van der Waals surface area contributed by atoms with Gasteiger partial charge in [-0.05, 0) is 12.2 Å². The molecule has 3 rings (SSSR count). The molecule has 0 aliphatic carbocycles. The molecule has 0 amide bonds. The van der Waals surface area contributed by atoms with E-state index in [0.717, 1.165) is 25.8 Å². The fourth-order valence-corrected chi connectivity index (χ4v) is 3.15. The molecule has 5 heteroatoms. The molecule has 86 valence electrons. The minimum atomic E-state index is 0.804. The third kappa shape index (κ3) is 1.54. The van der Waals surface area contributed by atoms with E-state index in [4.69, 9.17) is 12.2 Å². The summed E-state index contributed by atoms with van der Waals surface area (Å²) in [7, 11) is 3.94. The summed E-state index contributed by atoms with van der Waals surface area (Å²) in [5.41, 5.74) is 2.11. The van der Waals surface area contributed by atoms with Crippen LogP contribution in [0.4, 0.5) is 0 Å². The first-order chi connectivity index (χ1) is 8.18. The first-order valence-corrected chi connectivity index (χ1v) is 6.48. The fourth-order valence-electron chi connectivity index (χ4n) is 1.85. The summed E-state index contributed by atoms with van der Waals surface area (Å²) >= 11 is 6.98. The van der Waals surface area contributed by atoms with E-state index in [2.05, 4.69) is 17.1 Å². The Balaban J connectivity index is 2.29. The Morgan fingerprint density at radius 3 is 2.47 bits per heavy atom.